The highest BCUT2D eigenvalue weighted by molar-refractivity contribution is 7.19. The van der Waals surface area contributed by atoms with E-state index in [4.69, 9.17) is 11.6 Å². The molecule has 2 heteroatoms. The Hall–Kier alpha value is -0.530. The number of halogens is 1. The Kier molecular flexibility index (Phi) is 1.93. The van der Waals surface area contributed by atoms with Crippen LogP contribution in [0.5, 0.6) is 0 Å². The van der Waals surface area contributed by atoms with Crippen molar-refractivity contribution < 1.29 is 0 Å². The maximum atomic E-state index is 6.41. The molecule has 0 spiro atoms. The fourth-order valence-electron chi connectivity index (χ4n) is 2.63. The predicted octanol–water partition coefficient (Wildman–Crippen LogP) is 4.86. The standard InChI is InChI=1S/C13H13ClS/c1-13(2)7-9(14)12-11(13)8-5-3-4-6-10(8)15-12/h3-6,9H,7H2,1-2H3. The van der Waals surface area contributed by atoms with Gasteiger partial charge in [0, 0.05) is 9.58 Å². The van der Waals surface area contributed by atoms with Crippen LogP contribution in [0.2, 0.25) is 0 Å². The molecule has 0 amide bonds. The molecule has 0 bridgehead atoms. The maximum Gasteiger partial charge on any atom is 0.0690 e. The molecule has 1 unspecified atom stereocenters. The van der Waals surface area contributed by atoms with Crippen LogP contribution in [0.25, 0.3) is 10.1 Å². The second-order valence-electron chi connectivity index (χ2n) is 4.89. The number of hydrogen-bond acceptors (Lipinski definition) is 1. The zero-order valence-electron chi connectivity index (χ0n) is 8.88. The van der Waals surface area contributed by atoms with Crippen LogP contribution in [0.4, 0.5) is 0 Å². The number of fused-ring (bicyclic) bond motifs is 3. The van der Waals surface area contributed by atoms with Gasteiger partial charge in [0.1, 0.15) is 0 Å². The van der Waals surface area contributed by atoms with Crippen molar-refractivity contribution >= 4 is 33.0 Å². The van der Waals surface area contributed by atoms with Gasteiger partial charge in [-0.15, -0.1) is 22.9 Å². The van der Waals surface area contributed by atoms with Crippen molar-refractivity contribution in [2.75, 3.05) is 0 Å². The van der Waals surface area contributed by atoms with Gasteiger partial charge in [0.05, 0.1) is 5.38 Å². The SMILES string of the molecule is CC1(C)CC(Cl)c2sc3ccccc3c21. The van der Waals surface area contributed by atoms with Crippen LogP contribution in [0.15, 0.2) is 24.3 Å². The Morgan fingerprint density at radius 2 is 2.07 bits per heavy atom. The first-order valence-electron chi connectivity index (χ1n) is 5.25. The van der Waals surface area contributed by atoms with E-state index in [1.807, 2.05) is 11.3 Å². The van der Waals surface area contributed by atoms with Gasteiger partial charge in [0.15, 0.2) is 0 Å². The maximum absolute atomic E-state index is 6.41. The van der Waals surface area contributed by atoms with Crippen molar-refractivity contribution in [2.45, 2.75) is 31.1 Å². The molecule has 15 heavy (non-hydrogen) atoms. The Morgan fingerprint density at radius 3 is 2.87 bits per heavy atom. The van der Waals surface area contributed by atoms with Crippen LogP contribution in [0, 0.1) is 0 Å². The van der Waals surface area contributed by atoms with Crippen LogP contribution in [-0.4, -0.2) is 0 Å². The number of thiophene rings is 1. The van der Waals surface area contributed by atoms with E-state index in [1.165, 1.54) is 20.5 Å². The van der Waals surface area contributed by atoms with Crippen LogP contribution in [0.1, 0.15) is 36.1 Å². The molecular formula is C13H13ClS. The van der Waals surface area contributed by atoms with Gasteiger partial charge in [0.25, 0.3) is 0 Å². The Bertz CT molecular complexity index is 524. The monoisotopic (exact) mass is 236 g/mol. The highest BCUT2D eigenvalue weighted by atomic mass is 35.5. The molecule has 3 rings (SSSR count). The van der Waals surface area contributed by atoms with Crippen molar-refractivity contribution in [3.8, 4) is 0 Å². The minimum absolute atomic E-state index is 0.215. The van der Waals surface area contributed by atoms with Crippen LogP contribution >= 0.6 is 22.9 Å². The topological polar surface area (TPSA) is 0 Å². The van der Waals surface area contributed by atoms with Crippen LogP contribution < -0.4 is 0 Å². The number of hydrogen-bond donors (Lipinski definition) is 0. The van der Waals surface area contributed by atoms with Gasteiger partial charge in [-0.25, -0.2) is 0 Å². The van der Waals surface area contributed by atoms with E-state index in [-0.39, 0.29) is 10.8 Å². The van der Waals surface area contributed by atoms with E-state index >= 15 is 0 Å². The molecule has 1 atom stereocenters. The largest absolute Gasteiger partial charge is 0.138 e. The minimum atomic E-state index is 0.215. The van der Waals surface area contributed by atoms with E-state index in [0.29, 0.717) is 0 Å². The van der Waals surface area contributed by atoms with E-state index < -0.39 is 0 Å². The van der Waals surface area contributed by atoms with Gasteiger partial charge in [-0.3, -0.25) is 0 Å². The van der Waals surface area contributed by atoms with Gasteiger partial charge in [0.2, 0.25) is 0 Å². The summed E-state index contributed by atoms with van der Waals surface area (Å²) in [5.74, 6) is 0. The third-order valence-electron chi connectivity index (χ3n) is 3.27. The minimum Gasteiger partial charge on any atom is -0.138 e. The fraction of sp³-hybridized carbons (Fsp3) is 0.385. The second-order valence-corrected chi connectivity index (χ2v) is 6.50. The lowest BCUT2D eigenvalue weighted by Gasteiger charge is -2.18. The lowest BCUT2D eigenvalue weighted by Crippen LogP contribution is -2.11. The molecule has 0 radical (unpaired) electrons. The Morgan fingerprint density at radius 1 is 1.33 bits per heavy atom. The predicted molar refractivity (Wildman–Crippen MR) is 68.1 cm³/mol. The summed E-state index contributed by atoms with van der Waals surface area (Å²) in [5, 5.41) is 1.62. The molecule has 1 aromatic carbocycles. The van der Waals surface area contributed by atoms with Gasteiger partial charge in [-0.2, -0.15) is 0 Å². The van der Waals surface area contributed by atoms with E-state index in [1.54, 1.807) is 0 Å². The zero-order chi connectivity index (χ0) is 10.6. The summed E-state index contributed by atoms with van der Waals surface area (Å²) in [5.41, 5.74) is 1.73. The summed E-state index contributed by atoms with van der Waals surface area (Å²) in [7, 11) is 0. The molecule has 2 aromatic rings. The summed E-state index contributed by atoms with van der Waals surface area (Å²) in [4.78, 5) is 1.39. The normalized spacial score (nSPS) is 23.3. The van der Waals surface area contributed by atoms with Crippen molar-refractivity contribution in [1.29, 1.82) is 0 Å². The molecule has 0 N–H and O–H groups in total. The Balaban J connectivity index is 2.40. The third-order valence-corrected chi connectivity index (χ3v) is 5.06. The molecule has 0 saturated heterocycles. The fourth-order valence-corrected chi connectivity index (χ4v) is 4.62. The molecule has 0 fully saturated rings. The lowest BCUT2D eigenvalue weighted by molar-refractivity contribution is 0.520. The molecule has 0 saturated carbocycles. The summed E-state index contributed by atoms with van der Waals surface area (Å²) in [6, 6.07) is 8.64. The highest BCUT2D eigenvalue weighted by Crippen LogP contribution is 2.54. The summed E-state index contributed by atoms with van der Waals surface area (Å²) < 4.78 is 1.38. The van der Waals surface area contributed by atoms with Crippen molar-refractivity contribution in [2.24, 2.45) is 0 Å². The first-order valence-corrected chi connectivity index (χ1v) is 6.51. The molecule has 1 aliphatic rings. The first kappa shape index (κ1) is 9.68. The summed E-state index contributed by atoms with van der Waals surface area (Å²) in [6.07, 6.45) is 1.07. The van der Waals surface area contributed by atoms with E-state index in [9.17, 15) is 0 Å². The Labute approximate surface area is 98.9 Å². The molecular weight excluding hydrogens is 224 g/mol. The number of rotatable bonds is 0. The summed E-state index contributed by atoms with van der Waals surface area (Å²) in [6.45, 7) is 4.60. The van der Waals surface area contributed by atoms with Gasteiger partial charge in [-0.1, -0.05) is 32.0 Å². The molecule has 1 aromatic heterocycles. The van der Waals surface area contributed by atoms with E-state index in [0.717, 1.165) is 6.42 Å². The van der Waals surface area contributed by atoms with Crippen LogP contribution in [0.3, 0.4) is 0 Å². The second kappa shape index (κ2) is 2.99. The molecule has 78 valence electrons. The van der Waals surface area contributed by atoms with Gasteiger partial charge < -0.3 is 0 Å². The van der Waals surface area contributed by atoms with Crippen molar-refractivity contribution in [3.63, 3.8) is 0 Å². The average molecular weight is 237 g/mol. The smallest absolute Gasteiger partial charge is 0.0690 e. The van der Waals surface area contributed by atoms with Gasteiger partial charge in [-0.05, 0) is 28.9 Å². The van der Waals surface area contributed by atoms with Gasteiger partial charge >= 0.3 is 0 Å². The lowest BCUT2D eigenvalue weighted by atomic mass is 9.86. The van der Waals surface area contributed by atoms with E-state index in [2.05, 4.69) is 38.1 Å². The molecule has 1 aliphatic carbocycles. The number of benzene rings is 1. The zero-order valence-corrected chi connectivity index (χ0v) is 10.5. The quantitative estimate of drug-likeness (QED) is 0.573. The highest BCUT2D eigenvalue weighted by Gasteiger charge is 2.38. The van der Waals surface area contributed by atoms with Crippen molar-refractivity contribution in [3.05, 3.63) is 34.7 Å². The molecule has 0 nitrogen and oxygen atoms in total. The van der Waals surface area contributed by atoms with Crippen molar-refractivity contribution in [1.82, 2.24) is 0 Å². The van der Waals surface area contributed by atoms with Crippen LogP contribution in [-0.2, 0) is 5.41 Å². The third kappa shape index (κ3) is 1.26. The molecule has 0 aliphatic heterocycles. The molecule has 1 heterocycles. The average Bonchev–Trinajstić information content (AvgIpc) is 2.64. The summed E-state index contributed by atoms with van der Waals surface area (Å²) >= 11 is 8.27. The first-order chi connectivity index (χ1) is 7.09. The number of alkyl halides is 1.